The maximum absolute atomic E-state index is 12.8. The molecule has 10 nitrogen and oxygen atoms in total. The Morgan fingerprint density at radius 2 is 1.97 bits per heavy atom. The van der Waals surface area contributed by atoms with Crippen LogP contribution in [0.3, 0.4) is 0 Å². The van der Waals surface area contributed by atoms with Crippen molar-refractivity contribution in [1.82, 2.24) is 30.1 Å². The summed E-state index contributed by atoms with van der Waals surface area (Å²) in [6.45, 7) is 8.25. The molecular weight excluding hydrogens is 536 g/mol. The van der Waals surface area contributed by atoms with Crippen LogP contribution in [0, 0.1) is 0 Å². The van der Waals surface area contributed by atoms with Crippen molar-refractivity contribution in [1.29, 1.82) is 0 Å². The zero-order valence-corrected chi connectivity index (χ0v) is 23.5. The minimum atomic E-state index is -0.0235. The van der Waals surface area contributed by atoms with Crippen LogP contribution in [0.1, 0.15) is 23.0 Å². The van der Waals surface area contributed by atoms with Crippen LogP contribution >= 0.6 is 22.9 Å². The number of benzene rings is 1. The highest BCUT2D eigenvalue weighted by Gasteiger charge is 2.25. The molecule has 0 saturated carbocycles. The molecule has 1 fully saturated rings. The van der Waals surface area contributed by atoms with Gasteiger partial charge in [-0.25, -0.2) is 4.98 Å². The molecule has 3 aromatic heterocycles. The highest BCUT2D eigenvalue weighted by molar-refractivity contribution is 7.21. The van der Waals surface area contributed by atoms with E-state index in [2.05, 4.69) is 49.7 Å². The molecule has 1 amide bonds. The lowest BCUT2D eigenvalue weighted by Gasteiger charge is -2.32. The Kier molecular flexibility index (Phi) is 7.39. The number of amides is 1. The van der Waals surface area contributed by atoms with E-state index in [0.717, 1.165) is 65.8 Å². The Morgan fingerprint density at radius 1 is 1.13 bits per heavy atom. The number of hydrogen-bond acceptors (Lipinski definition) is 10. The third-order valence-electron chi connectivity index (χ3n) is 7.25. The molecule has 39 heavy (non-hydrogen) atoms. The van der Waals surface area contributed by atoms with Crippen molar-refractivity contribution < 1.29 is 9.53 Å². The number of rotatable bonds is 7. The number of fused-ring (bicyclic) bond motifs is 5. The Balaban J connectivity index is 1.20. The third-order valence-corrected chi connectivity index (χ3v) is 8.59. The van der Waals surface area contributed by atoms with Gasteiger partial charge in [-0.3, -0.25) is 9.69 Å². The average Bonchev–Trinajstić information content (AvgIpc) is 3.23. The number of likely N-dealkylation sites (N-methyl/N-ethyl adjacent to an activating group) is 1. The second-order valence-corrected chi connectivity index (χ2v) is 11.4. The predicted molar refractivity (Wildman–Crippen MR) is 157 cm³/mol. The normalized spacial score (nSPS) is 18.4. The number of carbonyl (C=O) groups is 1. The number of piperazine rings is 1. The summed E-state index contributed by atoms with van der Waals surface area (Å²) >= 11 is 7.78. The Morgan fingerprint density at radius 3 is 2.79 bits per heavy atom. The summed E-state index contributed by atoms with van der Waals surface area (Å²) in [6, 6.07) is 9.92. The first-order valence-electron chi connectivity index (χ1n) is 13.2. The van der Waals surface area contributed by atoms with Gasteiger partial charge in [-0.05, 0) is 37.7 Å². The van der Waals surface area contributed by atoms with Crippen molar-refractivity contribution in [3.05, 3.63) is 40.4 Å². The fourth-order valence-corrected chi connectivity index (χ4v) is 6.24. The van der Waals surface area contributed by atoms with Crippen LogP contribution in [0.5, 0.6) is 6.01 Å². The molecule has 204 valence electrons. The molecule has 5 heterocycles. The summed E-state index contributed by atoms with van der Waals surface area (Å²) in [6.07, 6.45) is 0.874. The molecule has 0 aliphatic carbocycles. The highest BCUT2D eigenvalue weighted by atomic mass is 35.5. The molecule has 0 unspecified atom stereocenters. The van der Waals surface area contributed by atoms with E-state index in [1.165, 1.54) is 11.3 Å². The molecule has 0 radical (unpaired) electrons. The van der Waals surface area contributed by atoms with E-state index in [4.69, 9.17) is 21.3 Å². The van der Waals surface area contributed by atoms with Crippen LogP contribution in [0.2, 0.25) is 5.15 Å². The topological polar surface area (TPSA) is 108 Å². The minimum absolute atomic E-state index is 0.0235. The van der Waals surface area contributed by atoms with Gasteiger partial charge in [0.15, 0.2) is 0 Å². The van der Waals surface area contributed by atoms with Gasteiger partial charge in [0.1, 0.15) is 28.3 Å². The lowest BCUT2D eigenvalue weighted by Crippen LogP contribution is -2.45. The first-order chi connectivity index (χ1) is 19.0. The largest absolute Gasteiger partial charge is 0.462 e. The van der Waals surface area contributed by atoms with Gasteiger partial charge in [-0.2, -0.15) is 9.97 Å². The molecular formula is C27H31ClN8O2S. The molecule has 3 N–H and O–H groups in total. The maximum atomic E-state index is 12.8. The van der Waals surface area contributed by atoms with E-state index < -0.39 is 0 Å². The molecule has 1 aromatic carbocycles. The Hall–Kier alpha value is -3.25. The first kappa shape index (κ1) is 26.0. The lowest BCUT2D eigenvalue weighted by atomic mass is 10.1. The summed E-state index contributed by atoms with van der Waals surface area (Å²) in [4.78, 5) is 31.8. The minimum Gasteiger partial charge on any atom is -0.462 e. The van der Waals surface area contributed by atoms with Crippen molar-refractivity contribution in [3.63, 3.8) is 0 Å². The van der Waals surface area contributed by atoms with Crippen molar-refractivity contribution in [3.8, 4) is 6.01 Å². The van der Waals surface area contributed by atoms with E-state index in [1.807, 2.05) is 24.3 Å². The molecule has 2 aliphatic heterocycles. The predicted octanol–water partition coefficient (Wildman–Crippen LogP) is 4.20. The highest BCUT2D eigenvalue weighted by Crippen LogP contribution is 2.41. The smallest absolute Gasteiger partial charge is 0.319 e. The quantitative estimate of drug-likeness (QED) is 0.284. The summed E-state index contributed by atoms with van der Waals surface area (Å²) in [5.74, 6) is 1.11. The van der Waals surface area contributed by atoms with Crippen LogP contribution in [0.15, 0.2) is 30.3 Å². The van der Waals surface area contributed by atoms with Crippen LogP contribution < -0.4 is 20.7 Å². The van der Waals surface area contributed by atoms with E-state index in [9.17, 15) is 4.79 Å². The van der Waals surface area contributed by atoms with Crippen molar-refractivity contribution >= 4 is 67.2 Å². The molecule has 2 aliphatic rings. The molecule has 0 spiro atoms. The first-order valence-corrected chi connectivity index (χ1v) is 14.4. The van der Waals surface area contributed by atoms with Gasteiger partial charge in [0.2, 0.25) is 0 Å². The van der Waals surface area contributed by atoms with Crippen LogP contribution in [0.4, 0.5) is 17.3 Å². The van der Waals surface area contributed by atoms with Gasteiger partial charge >= 0.3 is 6.01 Å². The van der Waals surface area contributed by atoms with Gasteiger partial charge in [-0.1, -0.05) is 18.5 Å². The molecule has 1 atom stereocenters. The molecule has 0 bridgehead atoms. The van der Waals surface area contributed by atoms with Crippen molar-refractivity contribution in [2.45, 2.75) is 19.4 Å². The second kappa shape index (κ2) is 11.1. The number of nitrogens with zero attached hydrogens (tertiary/aromatic N) is 5. The zero-order chi connectivity index (χ0) is 26.9. The number of ether oxygens (including phenoxy) is 1. The summed E-state index contributed by atoms with van der Waals surface area (Å²) in [5.41, 5.74) is 1.70. The van der Waals surface area contributed by atoms with Crippen molar-refractivity contribution in [2.75, 3.05) is 63.6 Å². The number of aromatic nitrogens is 3. The summed E-state index contributed by atoms with van der Waals surface area (Å²) in [7, 11) is 2.14. The summed E-state index contributed by atoms with van der Waals surface area (Å²) < 4.78 is 6.88. The number of hydrogen-bond donors (Lipinski definition) is 3. The zero-order valence-electron chi connectivity index (χ0n) is 22.0. The van der Waals surface area contributed by atoms with Crippen molar-refractivity contribution in [2.24, 2.45) is 0 Å². The maximum Gasteiger partial charge on any atom is 0.319 e. The molecule has 4 aromatic rings. The van der Waals surface area contributed by atoms with Gasteiger partial charge < -0.3 is 25.6 Å². The fourth-order valence-electron chi connectivity index (χ4n) is 4.97. The number of thiophene rings is 1. The van der Waals surface area contributed by atoms with Crippen LogP contribution in [-0.2, 0) is 0 Å². The number of halogens is 1. The van der Waals surface area contributed by atoms with Gasteiger partial charge in [0, 0.05) is 66.8 Å². The monoisotopic (exact) mass is 566 g/mol. The van der Waals surface area contributed by atoms with E-state index >= 15 is 0 Å². The molecule has 12 heteroatoms. The Bertz CT molecular complexity index is 1520. The number of nitrogens with one attached hydrogen (secondary N) is 3. The number of anilines is 3. The third kappa shape index (κ3) is 5.58. The molecule has 6 rings (SSSR count). The number of pyridine rings is 1. The van der Waals surface area contributed by atoms with Gasteiger partial charge in [-0.15, -0.1) is 11.3 Å². The van der Waals surface area contributed by atoms with Crippen LogP contribution in [-0.4, -0.2) is 89.6 Å². The van der Waals surface area contributed by atoms with E-state index in [0.29, 0.717) is 34.8 Å². The standard InChI is InChI=1S/C27H31ClN8O2S/c1-3-16-15-29-24-23-17-4-7-21(31-18(17)5-6-19(23)39-25(24)26(37)30-16)33-22-14-20(28)32-27(34-22)38-13-12-36-10-8-35(2)9-11-36/h4-7,14,16,29H,3,8-13,15H2,1-2H3,(H,30,37)(H,31,32,33,34)/t16-/m1/s1. The van der Waals surface area contributed by atoms with Gasteiger partial charge in [0.25, 0.3) is 5.91 Å². The lowest BCUT2D eigenvalue weighted by molar-refractivity contribution is 0.0945. The second-order valence-electron chi connectivity index (χ2n) is 9.94. The average molecular weight is 567 g/mol. The number of carbonyl (C=O) groups excluding carboxylic acids is 1. The SMILES string of the molecule is CC[C@@H]1CNc2c(sc3ccc4nc(Nc5cc(Cl)nc(OCCN6CCN(C)CC6)n5)ccc4c23)C(=O)N1. The van der Waals surface area contributed by atoms with Crippen LogP contribution in [0.25, 0.3) is 21.0 Å². The van der Waals surface area contributed by atoms with E-state index in [-0.39, 0.29) is 18.0 Å². The van der Waals surface area contributed by atoms with E-state index in [1.54, 1.807) is 6.07 Å². The fraction of sp³-hybridized carbons (Fsp3) is 0.407. The Labute approximate surface area is 235 Å². The van der Waals surface area contributed by atoms with Gasteiger partial charge in [0.05, 0.1) is 11.2 Å². The molecule has 1 saturated heterocycles. The summed E-state index contributed by atoms with van der Waals surface area (Å²) in [5, 5.41) is 12.2.